The van der Waals surface area contributed by atoms with Gasteiger partial charge in [0.2, 0.25) is 0 Å². The summed E-state index contributed by atoms with van der Waals surface area (Å²) < 4.78 is 0. The minimum Gasteiger partial charge on any atom is -0.350 e. The SMILES string of the molecule is CCc1ccc2c(c1)CC(=S)N2. The summed E-state index contributed by atoms with van der Waals surface area (Å²) in [6, 6.07) is 6.51. The van der Waals surface area contributed by atoms with Gasteiger partial charge in [0.1, 0.15) is 0 Å². The molecule has 0 aromatic heterocycles. The van der Waals surface area contributed by atoms with Gasteiger partial charge in [0.05, 0.1) is 4.99 Å². The fourth-order valence-corrected chi connectivity index (χ4v) is 1.77. The van der Waals surface area contributed by atoms with Crippen LogP contribution in [-0.2, 0) is 12.8 Å². The number of aryl methyl sites for hydroxylation is 1. The summed E-state index contributed by atoms with van der Waals surface area (Å²) in [5, 5.41) is 3.18. The van der Waals surface area contributed by atoms with Gasteiger partial charge >= 0.3 is 0 Å². The second-order valence-electron chi connectivity index (χ2n) is 3.07. The Labute approximate surface area is 77.8 Å². The van der Waals surface area contributed by atoms with Crippen LogP contribution in [0, 0.1) is 0 Å². The predicted octanol–water partition coefficient (Wildman–Crippen LogP) is 2.54. The summed E-state index contributed by atoms with van der Waals surface area (Å²) in [7, 11) is 0. The van der Waals surface area contributed by atoms with Crippen LogP contribution in [0.15, 0.2) is 18.2 Å². The molecule has 0 bridgehead atoms. The number of fused-ring (bicyclic) bond motifs is 1. The highest BCUT2D eigenvalue weighted by atomic mass is 32.1. The van der Waals surface area contributed by atoms with Crippen molar-refractivity contribution in [2.45, 2.75) is 19.8 Å². The summed E-state index contributed by atoms with van der Waals surface area (Å²) >= 11 is 5.09. The lowest BCUT2D eigenvalue weighted by atomic mass is 10.1. The first-order chi connectivity index (χ1) is 5.79. The quantitative estimate of drug-likeness (QED) is 0.662. The van der Waals surface area contributed by atoms with E-state index >= 15 is 0 Å². The molecular formula is C10H11NS. The van der Waals surface area contributed by atoms with Gasteiger partial charge in [-0.2, -0.15) is 0 Å². The van der Waals surface area contributed by atoms with Crippen molar-refractivity contribution in [3.8, 4) is 0 Å². The van der Waals surface area contributed by atoms with Crippen molar-refractivity contribution in [2.24, 2.45) is 0 Å². The van der Waals surface area contributed by atoms with Gasteiger partial charge in [-0.3, -0.25) is 0 Å². The molecule has 2 rings (SSSR count). The van der Waals surface area contributed by atoms with E-state index in [1.54, 1.807) is 0 Å². The summed E-state index contributed by atoms with van der Waals surface area (Å²) in [6.07, 6.45) is 2.01. The average Bonchev–Trinajstić information content (AvgIpc) is 2.43. The molecular weight excluding hydrogens is 166 g/mol. The minimum absolute atomic E-state index is 0.915. The number of hydrogen-bond donors (Lipinski definition) is 1. The molecule has 0 fully saturated rings. The summed E-state index contributed by atoms with van der Waals surface area (Å²) in [6.45, 7) is 2.17. The molecule has 0 aliphatic carbocycles. The first kappa shape index (κ1) is 7.74. The number of rotatable bonds is 1. The van der Waals surface area contributed by atoms with Gasteiger partial charge in [-0.25, -0.2) is 0 Å². The lowest BCUT2D eigenvalue weighted by molar-refractivity contribution is 1.13. The van der Waals surface area contributed by atoms with Crippen LogP contribution in [0.4, 0.5) is 5.69 Å². The van der Waals surface area contributed by atoms with Gasteiger partial charge in [-0.05, 0) is 23.6 Å². The Balaban J connectivity index is 2.41. The van der Waals surface area contributed by atoms with Crippen LogP contribution in [0.5, 0.6) is 0 Å². The maximum atomic E-state index is 5.09. The molecule has 1 aliphatic heterocycles. The number of benzene rings is 1. The van der Waals surface area contributed by atoms with E-state index in [9.17, 15) is 0 Å². The number of hydrogen-bond acceptors (Lipinski definition) is 1. The third-order valence-corrected chi connectivity index (χ3v) is 2.45. The third kappa shape index (κ3) is 1.23. The van der Waals surface area contributed by atoms with Gasteiger partial charge in [0.25, 0.3) is 0 Å². The Hall–Kier alpha value is -0.890. The Morgan fingerprint density at radius 1 is 1.50 bits per heavy atom. The van der Waals surface area contributed by atoms with E-state index in [-0.39, 0.29) is 0 Å². The second-order valence-corrected chi connectivity index (χ2v) is 3.56. The fourth-order valence-electron chi connectivity index (χ4n) is 1.50. The lowest BCUT2D eigenvalue weighted by Gasteiger charge is -2.00. The smallest absolute Gasteiger partial charge is 0.0842 e. The van der Waals surface area contributed by atoms with Crippen LogP contribution in [0.2, 0.25) is 0 Å². The fraction of sp³-hybridized carbons (Fsp3) is 0.300. The van der Waals surface area contributed by atoms with Crippen LogP contribution in [0.1, 0.15) is 18.1 Å². The molecule has 0 atom stereocenters. The summed E-state index contributed by atoms with van der Waals surface area (Å²) in [5.74, 6) is 0. The van der Waals surface area contributed by atoms with Crippen LogP contribution in [0.3, 0.4) is 0 Å². The molecule has 0 saturated heterocycles. The van der Waals surface area contributed by atoms with E-state index < -0.39 is 0 Å². The van der Waals surface area contributed by atoms with Gasteiger partial charge in [-0.1, -0.05) is 31.3 Å². The van der Waals surface area contributed by atoms with Crippen molar-refractivity contribution in [3.05, 3.63) is 29.3 Å². The van der Waals surface area contributed by atoms with Crippen molar-refractivity contribution in [3.63, 3.8) is 0 Å². The zero-order valence-electron chi connectivity index (χ0n) is 7.05. The standard InChI is InChI=1S/C10H11NS/c1-2-7-3-4-9-8(5-7)6-10(12)11-9/h3-5H,2,6H2,1H3,(H,11,12). The van der Waals surface area contributed by atoms with E-state index in [1.807, 2.05) is 0 Å². The number of nitrogens with one attached hydrogen (secondary N) is 1. The van der Waals surface area contributed by atoms with Gasteiger partial charge in [0, 0.05) is 12.1 Å². The molecule has 1 nitrogen and oxygen atoms in total. The highest BCUT2D eigenvalue weighted by Crippen LogP contribution is 2.24. The zero-order chi connectivity index (χ0) is 8.55. The minimum atomic E-state index is 0.915. The van der Waals surface area contributed by atoms with Crippen LogP contribution in [0.25, 0.3) is 0 Å². The van der Waals surface area contributed by atoms with Crippen LogP contribution in [-0.4, -0.2) is 4.99 Å². The van der Waals surface area contributed by atoms with E-state index in [0.29, 0.717) is 0 Å². The molecule has 0 amide bonds. The van der Waals surface area contributed by atoms with Crippen molar-refractivity contribution in [1.29, 1.82) is 0 Å². The average molecular weight is 177 g/mol. The largest absolute Gasteiger partial charge is 0.350 e. The molecule has 0 saturated carbocycles. The predicted molar refractivity (Wildman–Crippen MR) is 55.7 cm³/mol. The van der Waals surface area contributed by atoms with E-state index in [1.165, 1.54) is 16.8 Å². The van der Waals surface area contributed by atoms with Crippen molar-refractivity contribution >= 4 is 22.9 Å². The molecule has 1 aromatic rings. The van der Waals surface area contributed by atoms with Crippen LogP contribution < -0.4 is 5.32 Å². The summed E-state index contributed by atoms with van der Waals surface area (Å²) in [4.78, 5) is 0.943. The van der Waals surface area contributed by atoms with Crippen LogP contribution >= 0.6 is 12.2 Å². The van der Waals surface area contributed by atoms with Gasteiger partial charge in [0.15, 0.2) is 0 Å². The molecule has 12 heavy (non-hydrogen) atoms. The molecule has 2 heteroatoms. The molecule has 1 aromatic carbocycles. The molecule has 0 spiro atoms. The second kappa shape index (κ2) is 2.87. The zero-order valence-corrected chi connectivity index (χ0v) is 7.87. The molecule has 62 valence electrons. The highest BCUT2D eigenvalue weighted by molar-refractivity contribution is 7.80. The Morgan fingerprint density at radius 2 is 2.33 bits per heavy atom. The third-order valence-electron chi connectivity index (χ3n) is 2.20. The number of thiocarbonyl (C=S) groups is 1. The van der Waals surface area contributed by atoms with Crippen molar-refractivity contribution < 1.29 is 0 Å². The normalized spacial score (nSPS) is 14.2. The Bertz CT molecular complexity index is 331. The van der Waals surface area contributed by atoms with Crippen molar-refractivity contribution in [1.82, 2.24) is 0 Å². The number of anilines is 1. The van der Waals surface area contributed by atoms with E-state index in [0.717, 1.165) is 17.8 Å². The Kier molecular flexibility index (Phi) is 1.85. The lowest BCUT2D eigenvalue weighted by Crippen LogP contribution is -2.00. The summed E-state index contributed by atoms with van der Waals surface area (Å²) in [5.41, 5.74) is 3.93. The maximum absolute atomic E-state index is 5.09. The monoisotopic (exact) mass is 177 g/mol. The maximum Gasteiger partial charge on any atom is 0.0842 e. The topological polar surface area (TPSA) is 12.0 Å². The molecule has 1 aliphatic rings. The highest BCUT2D eigenvalue weighted by Gasteiger charge is 2.13. The van der Waals surface area contributed by atoms with Gasteiger partial charge in [-0.15, -0.1) is 0 Å². The Morgan fingerprint density at radius 3 is 3.08 bits per heavy atom. The van der Waals surface area contributed by atoms with E-state index in [4.69, 9.17) is 12.2 Å². The molecule has 0 radical (unpaired) electrons. The molecule has 1 heterocycles. The first-order valence-corrected chi connectivity index (χ1v) is 4.62. The van der Waals surface area contributed by atoms with Crippen molar-refractivity contribution in [2.75, 3.05) is 5.32 Å². The first-order valence-electron chi connectivity index (χ1n) is 4.21. The molecule has 0 unspecified atom stereocenters. The van der Waals surface area contributed by atoms with Gasteiger partial charge < -0.3 is 5.32 Å². The molecule has 1 N–H and O–H groups in total. The van der Waals surface area contributed by atoms with E-state index in [2.05, 4.69) is 30.4 Å².